The maximum atomic E-state index is 14.2. The van der Waals surface area contributed by atoms with Crippen LogP contribution in [0.4, 0.5) is 4.39 Å². The van der Waals surface area contributed by atoms with Gasteiger partial charge in [0.15, 0.2) is 0 Å². The van der Waals surface area contributed by atoms with Crippen molar-refractivity contribution in [3.05, 3.63) is 95.3 Å². The Labute approximate surface area is 171 Å². The lowest BCUT2D eigenvalue weighted by atomic mass is 9.69. The van der Waals surface area contributed by atoms with Crippen LogP contribution in [0.15, 0.2) is 72.8 Å². The highest BCUT2D eigenvalue weighted by molar-refractivity contribution is 5.53. The van der Waals surface area contributed by atoms with E-state index in [1.165, 1.54) is 18.1 Å². The molecule has 0 spiro atoms. The topological polar surface area (TPSA) is 18.5 Å². The highest BCUT2D eigenvalue weighted by Crippen LogP contribution is 2.53. The minimum atomic E-state index is -0.272. The Morgan fingerprint density at radius 1 is 0.931 bits per heavy atom. The van der Waals surface area contributed by atoms with E-state index in [4.69, 9.17) is 9.47 Å². The molecule has 2 aliphatic rings. The average Bonchev–Trinajstić information content (AvgIpc) is 2.92. The summed E-state index contributed by atoms with van der Waals surface area (Å²) in [5, 5.41) is 0. The normalized spacial score (nSPS) is 22.9. The second kappa shape index (κ2) is 7.55. The number of rotatable bonds is 4. The molecule has 1 fully saturated rings. The molecule has 0 amide bonds. The molecule has 3 aromatic carbocycles. The Morgan fingerprint density at radius 3 is 2.59 bits per heavy atom. The predicted octanol–water partition coefficient (Wildman–Crippen LogP) is 6.42. The van der Waals surface area contributed by atoms with E-state index in [0.717, 1.165) is 48.3 Å². The lowest BCUT2D eigenvalue weighted by Crippen LogP contribution is -2.38. The Kier molecular flexibility index (Phi) is 4.75. The molecule has 2 nitrogen and oxygen atoms in total. The number of ether oxygens (including phenoxy) is 2. The van der Waals surface area contributed by atoms with Crippen LogP contribution in [0.1, 0.15) is 48.8 Å². The predicted molar refractivity (Wildman–Crippen MR) is 112 cm³/mol. The molecular weight excluding hydrogens is 363 g/mol. The van der Waals surface area contributed by atoms with E-state index < -0.39 is 0 Å². The average molecular weight is 388 g/mol. The molecule has 3 aromatic rings. The van der Waals surface area contributed by atoms with Gasteiger partial charge in [-0.15, -0.1) is 0 Å². The molecule has 5 rings (SSSR count). The van der Waals surface area contributed by atoms with E-state index in [2.05, 4.69) is 24.3 Å². The van der Waals surface area contributed by atoms with Gasteiger partial charge in [-0.3, -0.25) is 0 Å². The monoisotopic (exact) mass is 388 g/mol. The number of benzene rings is 3. The van der Waals surface area contributed by atoms with Gasteiger partial charge in [0.05, 0.1) is 5.41 Å². The van der Waals surface area contributed by atoms with Gasteiger partial charge in [0, 0.05) is 5.56 Å². The maximum absolute atomic E-state index is 14.2. The zero-order valence-electron chi connectivity index (χ0n) is 16.4. The fourth-order valence-corrected chi connectivity index (χ4v) is 4.97. The van der Waals surface area contributed by atoms with Crippen molar-refractivity contribution < 1.29 is 13.9 Å². The lowest BCUT2D eigenvalue weighted by Gasteiger charge is -2.34. The smallest absolute Gasteiger partial charge is 0.124 e. The van der Waals surface area contributed by atoms with Crippen molar-refractivity contribution in [3.63, 3.8) is 0 Å². The molecule has 1 saturated carbocycles. The zero-order chi connectivity index (χ0) is 19.7. The van der Waals surface area contributed by atoms with Crippen LogP contribution in [0, 0.1) is 5.82 Å². The summed E-state index contributed by atoms with van der Waals surface area (Å²) in [5.74, 6) is 1.49. The second-order valence-electron chi connectivity index (χ2n) is 8.12. The molecule has 0 N–H and O–H groups in total. The molecule has 0 bridgehead atoms. The van der Waals surface area contributed by atoms with E-state index in [0.29, 0.717) is 6.61 Å². The van der Waals surface area contributed by atoms with Gasteiger partial charge >= 0.3 is 0 Å². The van der Waals surface area contributed by atoms with Crippen molar-refractivity contribution in [1.29, 1.82) is 0 Å². The van der Waals surface area contributed by atoms with Gasteiger partial charge in [-0.05, 0) is 60.7 Å². The van der Waals surface area contributed by atoms with Gasteiger partial charge in [-0.25, -0.2) is 4.39 Å². The molecule has 0 aromatic heterocycles. The summed E-state index contributed by atoms with van der Waals surface area (Å²) in [6.45, 7) is 0.547. The summed E-state index contributed by atoms with van der Waals surface area (Å²) in [6, 6.07) is 23.5. The maximum Gasteiger partial charge on any atom is 0.124 e. The first-order chi connectivity index (χ1) is 14.3. The molecule has 1 aliphatic carbocycles. The van der Waals surface area contributed by atoms with E-state index in [1.807, 2.05) is 30.3 Å². The lowest BCUT2D eigenvalue weighted by molar-refractivity contribution is 0.159. The highest BCUT2D eigenvalue weighted by Gasteiger charge is 2.50. The van der Waals surface area contributed by atoms with Gasteiger partial charge in [0.1, 0.15) is 30.0 Å². The third-order valence-electron chi connectivity index (χ3n) is 6.40. The summed E-state index contributed by atoms with van der Waals surface area (Å²) >= 11 is 0. The summed E-state index contributed by atoms with van der Waals surface area (Å²) in [7, 11) is 0. The number of halogens is 1. The molecule has 2 unspecified atom stereocenters. The first kappa shape index (κ1) is 18.2. The molecular formula is C26H25FO2. The second-order valence-corrected chi connectivity index (χ2v) is 8.12. The number of fused-ring (bicyclic) bond motifs is 3. The summed E-state index contributed by atoms with van der Waals surface area (Å²) in [6.07, 6.45) is 5.53. The van der Waals surface area contributed by atoms with Gasteiger partial charge in [0.2, 0.25) is 0 Å². The third-order valence-corrected chi connectivity index (χ3v) is 6.40. The Bertz CT molecular complexity index is 983. The number of hydrogen-bond donors (Lipinski definition) is 0. The first-order valence-corrected chi connectivity index (χ1v) is 10.5. The highest BCUT2D eigenvalue weighted by atomic mass is 19.1. The Hall–Kier alpha value is -2.81. The van der Waals surface area contributed by atoms with Crippen LogP contribution < -0.4 is 9.47 Å². The third kappa shape index (κ3) is 3.29. The van der Waals surface area contributed by atoms with Crippen molar-refractivity contribution in [2.45, 2.75) is 50.2 Å². The summed E-state index contributed by atoms with van der Waals surface area (Å²) in [5.41, 5.74) is 3.07. The van der Waals surface area contributed by atoms with Gasteiger partial charge < -0.3 is 9.47 Å². The molecule has 3 heteroatoms. The largest absolute Gasteiger partial charge is 0.489 e. The standard InChI is InChI=1S/C26H25FO2/c27-21-12-15-24-23(17-21)26(16-6-2-5-9-25(26)29-24)20-10-13-22(14-11-20)28-18-19-7-3-1-4-8-19/h1,3-4,7-8,10-15,17,25H,2,5-6,9,16,18H2. The van der Waals surface area contributed by atoms with Crippen LogP contribution in [0.3, 0.4) is 0 Å². The quantitative estimate of drug-likeness (QED) is 0.514. The van der Waals surface area contributed by atoms with Gasteiger partial charge in [-0.1, -0.05) is 55.3 Å². The molecule has 29 heavy (non-hydrogen) atoms. The first-order valence-electron chi connectivity index (χ1n) is 10.5. The van der Waals surface area contributed by atoms with Crippen LogP contribution >= 0.6 is 0 Å². The van der Waals surface area contributed by atoms with Crippen LogP contribution in [-0.4, -0.2) is 6.10 Å². The van der Waals surface area contributed by atoms with Crippen LogP contribution in [0.25, 0.3) is 0 Å². The summed E-state index contributed by atoms with van der Waals surface area (Å²) < 4.78 is 26.5. The van der Waals surface area contributed by atoms with Crippen molar-refractivity contribution in [2.24, 2.45) is 0 Å². The van der Waals surface area contributed by atoms with Crippen LogP contribution in [0.2, 0.25) is 0 Å². The number of hydrogen-bond acceptors (Lipinski definition) is 2. The minimum absolute atomic E-state index is 0.0675. The van der Waals surface area contributed by atoms with Gasteiger partial charge in [-0.2, -0.15) is 0 Å². The van der Waals surface area contributed by atoms with Crippen molar-refractivity contribution in [1.82, 2.24) is 0 Å². The van der Waals surface area contributed by atoms with E-state index in [-0.39, 0.29) is 17.3 Å². The molecule has 148 valence electrons. The Morgan fingerprint density at radius 2 is 1.76 bits per heavy atom. The summed E-state index contributed by atoms with van der Waals surface area (Å²) in [4.78, 5) is 0. The van der Waals surface area contributed by atoms with E-state index in [1.54, 1.807) is 12.1 Å². The fourth-order valence-electron chi connectivity index (χ4n) is 4.97. The molecule has 1 aliphatic heterocycles. The molecule has 1 heterocycles. The Balaban J connectivity index is 1.47. The van der Waals surface area contributed by atoms with Crippen molar-refractivity contribution in [3.8, 4) is 11.5 Å². The zero-order valence-corrected chi connectivity index (χ0v) is 16.4. The van der Waals surface area contributed by atoms with Crippen molar-refractivity contribution >= 4 is 0 Å². The van der Waals surface area contributed by atoms with Crippen LogP contribution in [-0.2, 0) is 12.0 Å². The fraction of sp³-hybridized carbons (Fsp3) is 0.308. The van der Waals surface area contributed by atoms with E-state index >= 15 is 0 Å². The molecule has 0 saturated heterocycles. The minimum Gasteiger partial charge on any atom is -0.489 e. The van der Waals surface area contributed by atoms with Crippen molar-refractivity contribution in [2.75, 3.05) is 0 Å². The SMILES string of the molecule is Fc1ccc2c(c1)C1(c3ccc(OCc4ccccc4)cc3)CCCCCC1O2. The van der Waals surface area contributed by atoms with Crippen LogP contribution in [0.5, 0.6) is 11.5 Å². The molecule has 2 atom stereocenters. The van der Waals surface area contributed by atoms with E-state index in [9.17, 15) is 4.39 Å². The van der Waals surface area contributed by atoms with Gasteiger partial charge in [0.25, 0.3) is 0 Å². The molecule has 0 radical (unpaired) electrons.